The number of hydrogen-bond acceptors (Lipinski definition) is 5. The van der Waals surface area contributed by atoms with Gasteiger partial charge in [-0.2, -0.15) is 0 Å². The van der Waals surface area contributed by atoms with E-state index >= 15 is 0 Å². The molecule has 0 aromatic heterocycles. The summed E-state index contributed by atoms with van der Waals surface area (Å²) in [5.41, 5.74) is 1.51. The third-order valence-electron chi connectivity index (χ3n) is 5.66. The zero-order chi connectivity index (χ0) is 21.8. The number of hydrogen-bond donors (Lipinski definition) is 1. The third-order valence-corrected chi connectivity index (χ3v) is 5.66. The van der Waals surface area contributed by atoms with Crippen LogP contribution in [0.4, 0.5) is 5.69 Å². The van der Waals surface area contributed by atoms with Gasteiger partial charge in [0.25, 0.3) is 5.91 Å². The van der Waals surface area contributed by atoms with Gasteiger partial charge in [0, 0.05) is 6.04 Å². The van der Waals surface area contributed by atoms with E-state index in [4.69, 9.17) is 14.2 Å². The quantitative estimate of drug-likeness (QED) is 0.771. The fourth-order valence-electron chi connectivity index (χ4n) is 3.86. The standard InChI is InChI=1S/C24H28N2O5/c1-3-17(4-2)25-24(28)22-15-26(18-7-5-6-8-19(18)31-22)23(27)14-16-9-10-20-21(13-16)30-12-11-29-20/h5-10,13,17,22H,3-4,11-12,14-15H2,1-2H3,(H,25,28). The molecule has 2 aromatic rings. The van der Waals surface area contributed by atoms with Gasteiger partial charge in [0.2, 0.25) is 5.91 Å². The van der Waals surface area contributed by atoms with Crippen LogP contribution in [0.3, 0.4) is 0 Å². The maximum atomic E-state index is 13.3. The number of amides is 2. The molecule has 7 heteroatoms. The van der Waals surface area contributed by atoms with Gasteiger partial charge in [-0.15, -0.1) is 0 Å². The van der Waals surface area contributed by atoms with Crippen LogP contribution in [0.15, 0.2) is 42.5 Å². The SMILES string of the molecule is CCC(CC)NC(=O)C1CN(C(=O)Cc2ccc3c(c2)OCCO3)c2ccccc2O1. The predicted octanol–water partition coefficient (Wildman–Crippen LogP) is 3.10. The van der Waals surface area contributed by atoms with Gasteiger partial charge in [0.15, 0.2) is 17.6 Å². The van der Waals surface area contributed by atoms with Crippen LogP contribution in [-0.4, -0.2) is 43.7 Å². The molecule has 31 heavy (non-hydrogen) atoms. The molecular formula is C24H28N2O5. The molecule has 4 rings (SSSR count). The first-order chi connectivity index (χ1) is 15.1. The number of para-hydroxylation sites is 2. The fraction of sp³-hybridized carbons (Fsp3) is 0.417. The molecular weight excluding hydrogens is 396 g/mol. The predicted molar refractivity (Wildman–Crippen MR) is 117 cm³/mol. The van der Waals surface area contributed by atoms with Crippen molar-refractivity contribution in [3.63, 3.8) is 0 Å². The number of anilines is 1. The van der Waals surface area contributed by atoms with Crippen molar-refractivity contribution in [1.29, 1.82) is 0 Å². The fourth-order valence-corrected chi connectivity index (χ4v) is 3.86. The summed E-state index contributed by atoms with van der Waals surface area (Å²) < 4.78 is 17.1. The highest BCUT2D eigenvalue weighted by Crippen LogP contribution is 2.35. The molecule has 1 unspecified atom stereocenters. The van der Waals surface area contributed by atoms with Crippen LogP contribution in [-0.2, 0) is 16.0 Å². The lowest BCUT2D eigenvalue weighted by atomic mass is 10.1. The molecule has 2 aliphatic rings. The van der Waals surface area contributed by atoms with Crippen molar-refractivity contribution in [1.82, 2.24) is 5.32 Å². The van der Waals surface area contributed by atoms with Gasteiger partial charge in [-0.05, 0) is 42.7 Å². The Balaban J connectivity index is 1.53. The largest absolute Gasteiger partial charge is 0.486 e. The number of fused-ring (bicyclic) bond motifs is 2. The highest BCUT2D eigenvalue weighted by molar-refractivity contribution is 5.98. The topological polar surface area (TPSA) is 77.1 Å². The molecule has 0 saturated carbocycles. The number of nitrogens with zero attached hydrogens (tertiary/aromatic N) is 1. The Hall–Kier alpha value is -3.22. The Bertz CT molecular complexity index is 957. The van der Waals surface area contributed by atoms with Crippen LogP contribution in [0, 0.1) is 0 Å². The third kappa shape index (κ3) is 4.60. The van der Waals surface area contributed by atoms with Crippen molar-refractivity contribution in [2.75, 3.05) is 24.7 Å². The first kappa shape index (κ1) is 21.0. The second kappa shape index (κ2) is 9.29. The van der Waals surface area contributed by atoms with E-state index in [1.165, 1.54) is 0 Å². The highest BCUT2D eigenvalue weighted by Gasteiger charge is 2.34. The zero-order valence-corrected chi connectivity index (χ0v) is 17.9. The normalized spacial score (nSPS) is 17.0. The van der Waals surface area contributed by atoms with Crippen LogP contribution in [0.2, 0.25) is 0 Å². The smallest absolute Gasteiger partial charge is 0.263 e. The number of ether oxygens (including phenoxy) is 3. The van der Waals surface area contributed by atoms with E-state index in [1.807, 2.05) is 50.2 Å². The van der Waals surface area contributed by atoms with Gasteiger partial charge < -0.3 is 24.4 Å². The molecule has 7 nitrogen and oxygen atoms in total. The minimum absolute atomic E-state index is 0.0927. The van der Waals surface area contributed by atoms with E-state index in [1.54, 1.807) is 11.0 Å². The van der Waals surface area contributed by atoms with Crippen molar-refractivity contribution in [2.24, 2.45) is 0 Å². The van der Waals surface area contributed by atoms with Crippen molar-refractivity contribution >= 4 is 17.5 Å². The summed E-state index contributed by atoms with van der Waals surface area (Å²) in [6.07, 6.45) is 1.13. The highest BCUT2D eigenvalue weighted by atomic mass is 16.6. The molecule has 0 bridgehead atoms. The summed E-state index contributed by atoms with van der Waals surface area (Å²) >= 11 is 0. The van der Waals surface area contributed by atoms with Crippen LogP contribution in [0.25, 0.3) is 0 Å². The molecule has 1 N–H and O–H groups in total. The first-order valence-corrected chi connectivity index (χ1v) is 10.8. The molecule has 2 amide bonds. The number of nitrogens with one attached hydrogen (secondary N) is 1. The maximum absolute atomic E-state index is 13.3. The first-order valence-electron chi connectivity index (χ1n) is 10.8. The van der Waals surface area contributed by atoms with Crippen molar-refractivity contribution in [3.8, 4) is 17.2 Å². The van der Waals surface area contributed by atoms with E-state index in [0.29, 0.717) is 36.1 Å². The summed E-state index contributed by atoms with van der Waals surface area (Å²) in [5, 5.41) is 3.03. The summed E-state index contributed by atoms with van der Waals surface area (Å²) in [7, 11) is 0. The molecule has 0 fully saturated rings. The molecule has 2 aromatic carbocycles. The van der Waals surface area contributed by atoms with Gasteiger partial charge >= 0.3 is 0 Å². The van der Waals surface area contributed by atoms with E-state index in [-0.39, 0.29) is 30.8 Å². The van der Waals surface area contributed by atoms with E-state index in [2.05, 4.69) is 5.32 Å². The maximum Gasteiger partial charge on any atom is 0.263 e. The Morgan fingerprint density at radius 2 is 1.77 bits per heavy atom. The van der Waals surface area contributed by atoms with Crippen LogP contribution < -0.4 is 24.4 Å². The number of carbonyl (C=O) groups excluding carboxylic acids is 2. The Morgan fingerprint density at radius 3 is 2.55 bits per heavy atom. The second-order valence-electron chi connectivity index (χ2n) is 7.76. The molecule has 2 aliphatic heterocycles. The summed E-state index contributed by atoms with van der Waals surface area (Å²) in [6.45, 7) is 5.26. The Labute approximate surface area is 182 Å². The minimum atomic E-state index is -0.750. The molecule has 0 aliphatic carbocycles. The average molecular weight is 424 g/mol. The molecule has 0 spiro atoms. The molecule has 2 heterocycles. The monoisotopic (exact) mass is 424 g/mol. The average Bonchev–Trinajstić information content (AvgIpc) is 2.81. The number of benzene rings is 2. The lowest BCUT2D eigenvalue weighted by Gasteiger charge is -2.35. The van der Waals surface area contributed by atoms with E-state index in [0.717, 1.165) is 18.4 Å². The van der Waals surface area contributed by atoms with Gasteiger partial charge in [-0.3, -0.25) is 9.59 Å². The van der Waals surface area contributed by atoms with Crippen LogP contribution in [0.5, 0.6) is 17.2 Å². The van der Waals surface area contributed by atoms with Crippen LogP contribution in [0.1, 0.15) is 32.3 Å². The summed E-state index contributed by atoms with van der Waals surface area (Å²) in [4.78, 5) is 27.7. The van der Waals surface area contributed by atoms with Crippen molar-refractivity contribution in [3.05, 3.63) is 48.0 Å². The van der Waals surface area contributed by atoms with E-state index in [9.17, 15) is 9.59 Å². The minimum Gasteiger partial charge on any atom is -0.486 e. The second-order valence-corrected chi connectivity index (χ2v) is 7.76. The van der Waals surface area contributed by atoms with Crippen molar-refractivity contribution < 1.29 is 23.8 Å². The zero-order valence-electron chi connectivity index (χ0n) is 17.9. The van der Waals surface area contributed by atoms with Gasteiger partial charge in [-0.1, -0.05) is 32.0 Å². The van der Waals surface area contributed by atoms with E-state index < -0.39 is 6.10 Å². The van der Waals surface area contributed by atoms with Crippen LogP contribution >= 0.6 is 0 Å². The lowest BCUT2D eigenvalue weighted by molar-refractivity contribution is -0.129. The summed E-state index contributed by atoms with van der Waals surface area (Å²) in [5.74, 6) is 1.58. The van der Waals surface area contributed by atoms with Gasteiger partial charge in [0.05, 0.1) is 18.7 Å². The molecule has 1 atom stereocenters. The van der Waals surface area contributed by atoms with Gasteiger partial charge in [0.1, 0.15) is 19.0 Å². The van der Waals surface area contributed by atoms with Crippen molar-refractivity contribution in [2.45, 2.75) is 45.3 Å². The van der Waals surface area contributed by atoms with Gasteiger partial charge in [-0.25, -0.2) is 0 Å². The summed E-state index contributed by atoms with van der Waals surface area (Å²) in [6, 6.07) is 13.0. The Morgan fingerprint density at radius 1 is 1.03 bits per heavy atom. The molecule has 164 valence electrons. The molecule has 0 saturated heterocycles. The number of rotatable bonds is 6. The molecule has 0 radical (unpaired) electrons. The lowest BCUT2D eigenvalue weighted by Crippen LogP contribution is -2.52. The Kier molecular flexibility index (Phi) is 6.30. The number of carbonyl (C=O) groups is 2.